The molecular formula is C21H26N2O5S. The fourth-order valence-electron chi connectivity index (χ4n) is 3.92. The molecule has 29 heavy (non-hydrogen) atoms. The van der Waals surface area contributed by atoms with E-state index in [0.29, 0.717) is 35.5 Å². The van der Waals surface area contributed by atoms with Crippen LogP contribution in [0.3, 0.4) is 0 Å². The van der Waals surface area contributed by atoms with Gasteiger partial charge >= 0.3 is 0 Å². The average Bonchev–Trinajstić information content (AvgIpc) is 3.29. The van der Waals surface area contributed by atoms with E-state index in [1.165, 1.54) is 0 Å². The Labute approximate surface area is 170 Å². The molecule has 2 N–H and O–H groups in total. The number of hydrogen-bond acceptors (Lipinski definition) is 5. The van der Waals surface area contributed by atoms with E-state index >= 15 is 0 Å². The molecule has 2 aromatic rings. The van der Waals surface area contributed by atoms with Crippen LogP contribution in [0.1, 0.15) is 58.7 Å². The fourth-order valence-corrected chi connectivity index (χ4v) is 6.30. The number of nitrogens with one attached hydrogen (secondary N) is 2. The summed E-state index contributed by atoms with van der Waals surface area (Å²) < 4.78 is 30.8. The highest BCUT2D eigenvalue weighted by Crippen LogP contribution is 2.41. The molecule has 0 bridgehead atoms. The summed E-state index contributed by atoms with van der Waals surface area (Å²) >= 11 is 0. The van der Waals surface area contributed by atoms with Gasteiger partial charge in [-0.05, 0) is 63.8 Å². The summed E-state index contributed by atoms with van der Waals surface area (Å²) in [6.45, 7) is 6.90. The first kappa shape index (κ1) is 21.1. The number of furan rings is 1. The maximum atomic E-state index is 13.6. The van der Waals surface area contributed by atoms with E-state index in [-0.39, 0.29) is 17.7 Å². The van der Waals surface area contributed by atoms with Gasteiger partial charge in [-0.3, -0.25) is 20.4 Å². The zero-order valence-corrected chi connectivity index (χ0v) is 17.9. The largest absolute Gasteiger partial charge is 0.466 e. The summed E-state index contributed by atoms with van der Waals surface area (Å²) in [5.74, 6) is -0.260. The zero-order valence-electron chi connectivity index (χ0n) is 17.1. The van der Waals surface area contributed by atoms with Crippen LogP contribution in [0.25, 0.3) is 0 Å². The molecule has 0 radical (unpaired) electrons. The van der Waals surface area contributed by atoms with E-state index in [2.05, 4.69) is 10.9 Å². The van der Waals surface area contributed by atoms with Crippen LogP contribution >= 0.6 is 0 Å². The smallest absolute Gasteiger partial charge is 0.273 e. The van der Waals surface area contributed by atoms with Crippen molar-refractivity contribution in [2.24, 2.45) is 0 Å². The van der Waals surface area contributed by atoms with Crippen LogP contribution < -0.4 is 10.9 Å². The predicted molar refractivity (Wildman–Crippen MR) is 108 cm³/mol. The Balaban J connectivity index is 1.88. The van der Waals surface area contributed by atoms with Gasteiger partial charge in [0.1, 0.15) is 11.5 Å². The topological polar surface area (TPSA) is 105 Å². The van der Waals surface area contributed by atoms with Crippen molar-refractivity contribution in [2.75, 3.05) is 0 Å². The second-order valence-corrected chi connectivity index (χ2v) is 9.94. The summed E-state index contributed by atoms with van der Waals surface area (Å²) in [4.78, 5) is 25.6. The first-order valence-corrected chi connectivity index (χ1v) is 11.1. The molecule has 1 aliphatic rings. The number of amides is 2. The van der Waals surface area contributed by atoms with E-state index in [4.69, 9.17) is 4.42 Å². The maximum absolute atomic E-state index is 13.6. The Bertz CT molecular complexity index is 1060. The number of aryl methyl sites for hydroxylation is 4. The quantitative estimate of drug-likeness (QED) is 0.743. The second kappa shape index (κ2) is 7.67. The van der Waals surface area contributed by atoms with Crippen LogP contribution in [0.2, 0.25) is 0 Å². The van der Waals surface area contributed by atoms with Gasteiger partial charge in [-0.25, -0.2) is 8.42 Å². The second-order valence-electron chi connectivity index (χ2n) is 7.71. The van der Waals surface area contributed by atoms with E-state index in [9.17, 15) is 18.0 Å². The lowest BCUT2D eigenvalue weighted by Gasteiger charge is -2.28. The summed E-state index contributed by atoms with van der Waals surface area (Å²) in [7, 11) is -3.95. The third kappa shape index (κ3) is 3.69. The van der Waals surface area contributed by atoms with Crippen LogP contribution in [0.15, 0.2) is 33.6 Å². The lowest BCUT2D eigenvalue weighted by molar-refractivity contribution is -0.124. The summed E-state index contributed by atoms with van der Waals surface area (Å²) in [5.41, 5.74) is 6.39. The van der Waals surface area contributed by atoms with Crippen molar-refractivity contribution in [1.82, 2.24) is 10.9 Å². The molecule has 0 aliphatic heterocycles. The van der Waals surface area contributed by atoms with Crippen molar-refractivity contribution in [3.05, 3.63) is 52.5 Å². The summed E-state index contributed by atoms with van der Waals surface area (Å²) in [6, 6.07) is 6.75. The van der Waals surface area contributed by atoms with Gasteiger partial charge in [-0.15, -0.1) is 0 Å². The molecule has 0 atom stereocenters. The normalized spacial score (nSPS) is 15.9. The van der Waals surface area contributed by atoms with Crippen LogP contribution in [0, 0.1) is 27.7 Å². The molecule has 1 fully saturated rings. The van der Waals surface area contributed by atoms with Gasteiger partial charge in [-0.2, -0.15) is 0 Å². The number of rotatable bonds is 4. The fraction of sp³-hybridized carbons (Fsp3) is 0.429. The molecule has 1 aromatic heterocycles. The first-order valence-electron chi connectivity index (χ1n) is 9.58. The molecule has 1 aromatic carbocycles. The molecule has 1 saturated carbocycles. The molecule has 0 spiro atoms. The van der Waals surface area contributed by atoms with Gasteiger partial charge in [0, 0.05) is 0 Å². The van der Waals surface area contributed by atoms with Crippen LogP contribution in [-0.4, -0.2) is 25.0 Å². The maximum Gasteiger partial charge on any atom is 0.273 e. The molecular weight excluding hydrogens is 392 g/mol. The third-order valence-electron chi connectivity index (χ3n) is 5.55. The minimum atomic E-state index is -3.95. The summed E-state index contributed by atoms with van der Waals surface area (Å²) in [5, 5.41) is 0. The first-order chi connectivity index (χ1) is 13.6. The van der Waals surface area contributed by atoms with Crippen molar-refractivity contribution in [3.8, 4) is 0 Å². The summed E-state index contributed by atoms with van der Waals surface area (Å²) in [6.07, 6.45) is 1.69. The lowest BCUT2D eigenvalue weighted by Crippen LogP contribution is -2.55. The third-order valence-corrected chi connectivity index (χ3v) is 8.19. The molecule has 0 saturated heterocycles. The van der Waals surface area contributed by atoms with Crippen molar-refractivity contribution in [1.29, 1.82) is 0 Å². The monoisotopic (exact) mass is 418 g/mol. The molecule has 3 rings (SSSR count). The predicted octanol–water partition coefficient (Wildman–Crippen LogP) is 3.06. The minimum Gasteiger partial charge on any atom is -0.466 e. The standard InChI is InChI=1S/C21H26N2O5S/c1-13-7-8-14(2)18(11-13)29(26,27)21(9-5-6-10-21)20(25)23-22-19(24)17-12-15(3)28-16(17)4/h7-8,11-12H,5-6,9-10H2,1-4H3,(H,22,24)(H,23,25). The molecule has 1 aliphatic carbocycles. The number of benzene rings is 1. The van der Waals surface area contributed by atoms with Crippen molar-refractivity contribution in [2.45, 2.75) is 63.0 Å². The van der Waals surface area contributed by atoms with E-state index < -0.39 is 26.4 Å². The van der Waals surface area contributed by atoms with Gasteiger partial charge in [0.25, 0.3) is 11.8 Å². The molecule has 1 heterocycles. The number of hydrazine groups is 1. The minimum absolute atomic E-state index is 0.169. The molecule has 7 nitrogen and oxygen atoms in total. The Morgan fingerprint density at radius 1 is 1.00 bits per heavy atom. The highest BCUT2D eigenvalue weighted by molar-refractivity contribution is 7.93. The number of carbonyl (C=O) groups is 2. The van der Waals surface area contributed by atoms with E-state index in [1.807, 2.05) is 13.0 Å². The Morgan fingerprint density at radius 2 is 1.66 bits per heavy atom. The molecule has 156 valence electrons. The van der Waals surface area contributed by atoms with Gasteiger partial charge in [0.15, 0.2) is 14.6 Å². The van der Waals surface area contributed by atoms with Crippen LogP contribution in [0.5, 0.6) is 0 Å². The molecule has 0 unspecified atom stereocenters. The number of carbonyl (C=O) groups excluding carboxylic acids is 2. The lowest BCUT2D eigenvalue weighted by atomic mass is 10.1. The average molecular weight is 419 g/mol. The number of hydrogen-bond donors (Lipinski definition) is 2. The molecule has 8 heteroatoms. The Morgan fingerprint density at radius 3 is 2.24 bits per heavy atom. The number of sulfone groups is 1. The molecule has 2 amide bonds. The van der Waals surface area contributed by atoms with Crippen LogP contribution in [0.4, 0.5) is 0 Å². The highest BCUT2D eigenvalue weighted by atomic mass is 32.2. The van der Waals surface area contributed by atoms with Crippen LogP contribution in [-0.2, 0) is 14.6 Å². The zero-order chi connectivity index (χ0) is 21.4. The van der Waals surface area contributed by atoms with Crippen molar-refractivity contribution in [3.63, 3.8) is 0 Å². The van der Waals surface area contributed by atoms with Gasteiger partial charge in [0.2, 0.25) is 0 Å². The van der Waals surface area contributed by atoms with Gasteiger partial charge in [0.05, 0.1) is 10.5 Å². The van der Waals surface area contributed by atoms with Gasteiger partial charge < -0.3 is 4.42 Å². The van der Waals surface area contributed by atoms with Crippen molar-refractivity contribution >= 4 is 21.7 Å². The van der Waals surface area contributed by atoms with E-state index in [1.54, 1.807) is 39.0 Å². The Hall–Kier alpha value is -2.61. The highest BCUT2D eigenvalue weighted by Gasteiger charge is 2.53. The van der Waals surface area contributed by atoms with E-state index in [0.717, 1.165) is 5.56 Å². The van der Waals surface area contributed by atoms with Gasteiger partial charge in [-0.1, -0.05) is 25.0 Å². The Kier molecular flexibility index (Phi) is 5.58. The van der Waals surface area contributed by atoms with Crippen molar-refractivity contribution < 1.29 is 22.4 Å². The SMILES string of the molecule is Cc1ccc(C)c(S(=O)(=O)C2(C(=O)NNC(=O)c3cc(C)oc3C)CCCC2)c1.